The van der Waals surface area contributed by atoms with Gasteiger partial charge in [-0.25, -0.2) is 9.18 Å². The van der Waals surface area contributed by atoms with Gasteiger partial charge in [-0.3, -0.25) is 4.79 Å². The number of carboxylic acids is 2. The minimum absolute atomic E-state index is 0. The molecule has 0 bridgehead atoms. The Morgan fingerprint density at radius 3 is 2.08 bits per heavy atom. The molecule has 5 nitrogen and oxygen atoms in total. The second-order valence-electron chi connectivity index (χ2n) is 5.37. The largest absolute Gasteiger partial charge is 1.00 e. The van der Waals surface area contributed by atoms with Crippen molar-refractivity contribution in [2.24, 2.45) is 5.92 Å². The lowest BCUT2D eigenvalue weighted by Crippen LogP contribution is -3.00. The third kappa shape index (κ3) is 5.70. The average Bonchev–Trinajstić information content (AvgIpc) is 2.54. The molecule has 25 heavy (non-hydrogen) atoms. The Morgan fingerprint density at radius 2 is 1.60 bits per heavy atom. The SMILES string of the molecule is [Cl-].[NH3+]c1ccc(CC(C(=O)O)/C(=C/c2ccc(F)cc2)C(=O)O)cc1. The van der Waals surface area contributed by atoms with Crippen molar-refractivity contribution in [2.75, 3.05) is 0 Å². The van der Waals surface area contributed by atoms with Crippen LogP contribution in [0.2, 0.25) is 0 Å². The molecule has 0 saturated carbocycles. The molecule has 0 aromatic heterocycles. The fraction of sp³-hybridized carbons (Fsp3) is 0.111. The topological polar surface area (TPSA) is 102 Å². The smallest absolute Gasteiger partial charge is 0.332 e. The first-order valence-electron chi connectivity index (χ1n) is 7.21. The molecule has 1 atom stereocenters. The first kappa shape index (κ1) is 20.3. The number of rotatable bonds is 6. The molecule has 0 spiro atoms. The van der Waals surface area contributed by atoms with Crippen LogP contribution in [-0.2, 0) is 16.0 Å². The molecular weight excluding hydrogens is 349 g/mol. The lowest BCUT2D eigenvalue weighted by atomic mass is 9.90. The molecule has 1 unspecified atom stereocenters. The summed E-state index contributed by atoms with van der Waals surface area (Å²) in [7, 11) is 0. The first-order valence-corrected chi connectivity index (χ1v) is 7.21. The van der Waals surface area contributed by atoms with E-state index in [0.29, 0.717) is 11.1 Å². The van der Waals surface area contributed by atoms with Gasteiger partial charge in [-0.1, -0.05) is 24.3 Å². The molecule has 0 aliphatic rings. The van der Waals surface area contributed by atoms with Crippen molar-refractivity contribution >= 4 is 23.7 Å². The molecule has 2 rings (SSSR count). The molecule has 2 aromatic rings. The van der Waals surface area contributed by atoms with Gasteiger partial charge < -0.3 is 28.4 Å². The van der Waals surface area contributed by atoms with Crippen molar-refractivity contribution < 1.29 is 42.3 Å². The van der Waals surface area contributed by atoms with Crippen LogP contribution in [0.5, 0.6) is 0 Å². The second kappa shape index (κ2) is 8.96. The van der Waals surface area contributed by atoms with Gasteiger partial charge in [-0.15, -0.1) is 0 Å². The van der Waals surface area contributed by atoms with Crippen molar-refractivity contribution in [3.63, 3.8) is 0 Å². The Hall–Kier alpha value is -2.70. The number of carboxylic acid groups (broad SMARTS) is 2. The molecule has 0 amide bonds. The molecule has 0 fully saturated rings. The normalized spacial score (nSPS) is 12.2. The molecular formula is C18H17ClFNO4. The zero-order valence-electron chi connectivity index (χ0n) is 13.2. The Kier molecular flexibility index (Phi) is 7.29. The van der Waals surface area contributed by atoms with Crippen LogP contribution in [0, 0.1) is 11.7 Å². The van der Waals surface area contributed by atoms with E-state index < -0.39 is 23.7 Å². The van der Waals surface area contributed by atoms with E-state index in [9.17, 15) is 24.2 Å². The number of quaternary nitrogens is 1. The molecule has 132 valence electrons. The highest BCUT2D eigenvalue weighted by molar-refractivity contribution is 5.98. The molecule has 0 saturated heterocycles. The van der Waals surface area contributed by atoms with Crippen LogP contribution >= 0.6 is 0 Å². The van der Waals surface area contributed by atoms with Crippen LogP contribution in [0.25, 0.3) is 6.08 Å². The zero-order chi connectivity index (χ0) is 17.7. The van der Waals surface area contributed by atoms with Gasteiger partial charge in [0.05, 0.1) is 11.5 Å². The summed E-state index contributed by atoms with van der Waals surface area (Å²) in [6.45, 7) is 0. The molecule has 0 heterocycles. The number of benzene rings is 2. The minimum atomic E-state index is -1.32. The number of carbonyl (C=O) groups is 2. The van der Waals surface area contributed by atoms with Crippen LogP contribution < -0.4 is 18.1 Å². The third-order valence-electron chi connectivity index (χ3n) is 3.58. The Labute approximate surface area is 150 Å². The maximum absolute atomic E-state index is 13.0. The first-order chi connectivity index (χ1) is 11.4. The summed E-state index contributed by atoms with van der Waals surface area (Å²) in [5, 5.41) is 18.9. The van der Waals surface area contributed by atoms with Crippen LogP contribution in [0.3, 0.4) is 0 Å². The van der Waals surface area contributed by atoms with E-state index in [1.807, 2.05) is 0 Å². The second-order valence-corrected chi connectivity index (χ2v) is 5.37. The van der Waals surface area contributed by atoms with Crippen molar-refractivity contribution in [3.05, 3.63) is 71.0 Å². The summed E-state index contributed by atoms with van der Waals surface area (Å²) >= 11 is 0. The summed E-state index contributed by atoms with van der Waals surface area (Å²) in [4.78, 5) is 23.1. The number of hydrogen-bond donors (Lipinski definition) is 3. The van der Waals surface area contributed by atoms with E-state index in [1.165, 1.54) is 30.3 Å². The highest BCUT2D eigenvalue weighted by Crippen LogP contribution is 2.22. The Morgan fingerprint density at radius 1 is 1.04 bits per heavy atom. The Bertz CT molecular complexity index is 773. The van der Waals surface area contributed by atoms with Crippen molar-refractivity contribution in [1.82, 2.24) is 0 Å². The van der Waals surface area contributed by atoms with Gasteiger partial charge in [-0.2, -0.15) is 0 Å². The van der Waals surface area contributed by atoms with Crippen molar-refractivity contribution in [2.45, 2.75) is 6.42 Å². The van der Waals surface area contributed by atoms with E-state index in [4.69, 9.17) is 0 Å². The quantitative estimate of drug-likeness (QED) is 0.578. The molecule has 0 aliphatic heterocycles. The number of aliphatic carboxylic acids is 2. The summed E-state index contributed by atoms with van der Waals surface area (Å²) in [6, 6.07) is 12.1. The van der Waals surface area contributed by atoms with Gasteiger partial charge in [0, 0.05) is 0 Å². The van der Waals surface area contributed by atoms with E-state index >= 15 is 0 Å². The molecule has 7 heteroatoms. The fourth-order valence-corrected chi connectivity index (χ4v) is 2.29. The molecule has 0 radical (unpaired) electrons. The maximum Gasteiger partial charge on any atom is 0.332 e. The van der Waals surface area contributed by atoms with E-state index in [0.717, 1.165) is 5.69 Å². The van der Waals surface area contributed by atoms with Gasteiger partial charge >= 0.3 is 11.9 Å². The van der Waals surface area contributed by atoms with E-state index in [1.54, 1.807) is 24.3 Å². The number of halogens is 2. The monoisotopic (exact) mass is 365 g/mol. The van der Waals surface area contributed by atoms with Gasteiger partial charge in [0.1, 0.15) is 11.5 Å². The lowest BCUT2D eigenvalue weighted by molar-refractivity contribution is -0.254. The van der Waals surface area contributed by atoms with Gasteiger partial charge in [0.2, 0.25) is 0 Å². The highest BCUT2D eigenvalue weighted by atomic mass is 35.5. The van der Waals surface area contributed by atoms with Gasteiger partial charge in [-0.05, 0) is 47.9 Å². The minimum Gasteiger partial charge on any atom is -1.00 e. The summed E-state index contributed by atoms with van der Waals surface area (Å²) < 4.78 is 13.0. The Balaban J connectivity index is 0.00000312. The molecule has 0 aliphatic carbocycles. The van der Waals surface area contributed by atoms with E-state index in [-0.39, 0.29) is 24.4 Å². The highest BCUT2D eigenvalue weighted by Gasteiger charge is 2.27. The zero-order valence-corrected chi connectivity index (χ0v) is 13.9. The van der Waals surface area contributed by atoms with Crippen LogP contribution in [0.4, 0.5) is 10.1 Å². The van der Waals surface area contributed by atoms with Crippen LogP contribution in [0.1, 0.15) is 11.1 Å². The van der Waals surface area contributed by atoms with Crippen molar-refractivity contribution in [3.8, 4) is 0 Å². The van der Waals surface area contributed by atoms with Crippen LogP contribution in [-0.4, -0.2) is 22.2 Å². The summed E-state index contributed by atoms with van der Waals surface area (Å²) in [6.07, 6.45) is 1.30. The third-order valence-corrected chi connectivity index (χ3v) is 3.58. The van der Waals surface area contributed by atoms with Gasteiger partial charge in [0.15, 0.2) is 0 Å². The molecule has 5 N–H and O–H groups in total. The summed E-state index contributed by atoms with van der Waals surface area (Å²) in [5.41, 5.74) is 5.40. The van der Waals surface area contributed by atoms with Crippen LogP contribution in [0.15, 0.2) is 54.1 Å². The average molecular weight is 366 g/mol. The standard InChI is InChI=1S/C18H16FNO4.ClH/c19-13-5-1-11(2-6-13)9-15(17(21)22)16(18(23)24)10-12-3-7-14(20)8-4-12;/h1-9,16H,10,20H2,(H,21,22)(H,23,24);1H/b15-9-;. The summed E-state index contributed by atoms with van der Waals surface area (Å²) in [5.74, 6) is -4.22. The van der Waals surface area contributed by atoms with Crippen molar-refractivity contribution in [1.29, 1.82) is 0 Å². The predicted octanol–water partition coefficient (Wildman–Crippen LogP) is -0.885. The lowest BCUT2D eigenvalue weighted by Gasteiger charge is -2.14. The van der Waals surface area contributed by atoms with E-state index in [2.05, 4.69) is 5.73 Å². The predicted molar refractivity (Wildman–Crippen MR) is 85.8 cm³/mol. The van der Waals surface area contributed by atoms with Gasteiger partial charge in [0.25, 0.3) is 0 Å². The molecule has 2 aromatic carbocycles. The fourth-order valence-electron chi connectivity index (χ4n) is 2.29. The maximum atomic E-state index is 13.0. The number of hydrogen-bond acceptors (Lipinski definition) is 2.